The van der Waals surface area contributed by atoms with Crippen molar-refractivity contribution in [3.05, 3.63) is 28.8 Å². The molecule has 19 heavy (non-hydrogen) atoms. The Kier molecular flexibility index (Phi) is 7.53. The first-order chi connectivity index (χ1) is 9.19. The fraction of sp³-hybridized carbons (Fsp3) is 0.625. The highest BCUT2D eigenvalue weighted by atomic mass is 16.5. The summed E-state index contributed by atoms with van der Waals surface area (Å²) in [7, 11) is 3.75. The third kappa shape index (κ3) is 5.62. The van der Waals surface area contributed by atoms with Gasteiger partial charge in [-0.3, -0.25) is 0 Å². The summed E-state index contributed by atoms with van der Waals surface area (Å²) in [6.45, 7) is 7.48. The Balaban J connectivity index is 2.36. The average Bonchev–Trinajstić information content (AvgIpc) is 2.39. The zero-order valence-electron chi connectivity index (χ0n) is 12.8. The van der Waals surface area contributed by atoms with Gasteiger partial charge in [-0.25, -0.2) is 0 Å². The van der Waals surface area contributed by atoms with Gasteiger partial charge in [0.15, 0.2) is 0 Å². The van der Waals surface area contributed by atoms with Crippen molar-refractivity contribution in [3.63, 3.8) is 0 Å². The molecule has 0 aliphatic carbocycles. The lowest BCUT2D eigenvalue weighted by Crippen LogP contribution is -2.20. The smallest absolute Gasteiger partial charge is 0.122 e. The van der Waals surface area contributed by atoms with Crippen molar-refractivity contribution in [2.75, 3.05) is 33.8 Å². The van der Waals surface area contributed by atoms with Crippen molar-refractivity contribution in [1.29, 1.82) is 0 Å². The van der Waals surface area contributed by atoms with Crippen LogP contribution < -0.4 is 15.4 Å². The lowest BCUT2D eigenvalue weighted by atomic mass is 10.0. The molecule has 1 aromatic carbocycles. The first kappa shape index (κ1) is 16.0. The molecule has 0 fully saturated rings. The van der Waals surface area contributed by atoms with E-state index >= 15 is 0 Å². The van der Waals surface area contributed by atoms with Crippen molar-refractivity contribution in [2.24, 2.45) is 0 Å². The molecular weight excluding hydrogens is 236 g/mol. The molecule has 0 bridgehead atoms. The highest BCUT2D eigenvalue weighted by Gasteiger charge is 2.07. The van der Waals surface area contributed by atoms with Crippen molar-refractivity contribution in [2.45, 2.75) is 33.1 Å². The van der Waals surface area contributed by atoms with Crippen molar-refractivity contribution in [1.82, 2.24) is 10.6 Å². The first-order valence-corrected chi connectivity index (χ1v) is 7.18. The maximum atomic E-state index is 5.48. The minimum Gasteiger partial charge on any atom is -0.496 e. The Bertz CT molecular complexity index is 377. The van der Waals surface area contributed by atoms with E-state index in [1.54, 1.807) is 7.11 Å². The molecule has 0 aromatic heterocycles. The van der Waals surface area contributed by atoms with Crippen LogP contribution in [-0.4, -0.2) is 33.8 Å². The molecule has 0 atom stereocenters. The predicted octanol–water partition coefficient (Wildman–Crippen LogP) is 2.44. The molecule has 0 saturated carbocycles. The van der Waals surface area contributed by atoms with Gasteiger partial charge in [-0.15, -0.1) is 0 Å². The molecule has 0 saturated heterocycles. The minimum atomic E-state index is 1.01. The van der Waals surface area contributed by atoms with Gasteiger partial charge in [-0.05, 0) is 82.5 Å². The Morgan fingerprint density at radius 3 is 2.47 bits per heavy atom. The van der Waals surface area contributed by atoms with E-state index in [0.717, 1.165) is 31.8 Å². The fourth-order valence-electron chi connectivity index (χ4n) is 2.35. The Morgan fingerprint density at radius 2 is 1.79 bits per heavy atom. The van der Waals surface area contributed by atoms with Crippen LogP contribution >= 0.6 is 0 Å². The third-order valence-corrected chi connectivity index (χ3v) is 3.38. The van der Waals surface area contributed by atoms with E-state index in [2.05, 4.69) is 36.6 Å². The number of nitrogens with one attached hydrogen (secondary N) is 2. The number of hydrogen-bond donors (Lipinski definition) is 2. The molecule has 0 aliphatic rings. The molecule has 1 aromatic rings. The lowest BCUT2D eigenvalue weighted by molar-refractivity contribution is 0.408. The van der Waals surface area contributed by atoms with Gasteiger partial charge in [-0.2, -0.15) is 0 Å². The molecule has 0 heterocycles. The fourth-order valence-corrected chi connectivity index (χ4v) is 2.35. The quantitative estimate of drug-likeness (QED) is 0.672. The van der Waals surface area contributed by atoms with E-state index in [1.807, 2.05) is 7.05 Å². The minimum absolute atomic E-state index is 1.01. The van der Waals surface area contributed by atoms with Crippen LogP contribution in [0, 0.1) is 13.8 Å². The monoisotopic (exact) mass is 264 g/mol. The Morgan fingerprint density at radius 1 is 1.05 bits per heavy atom. The first-order valence-electron chi connectivity index (χ1n) is 7.18. The van der Waals surface area contributed by atoms with Crippen LogP contribution in [0.25, 0.3) is 0 Å². The number of benzene rings is 1. The molecule has 3 heteroatoms. The van der Waals surface area contributed by atoms with Gasteiger partial charge in [0.1, 0.15) is 5.75 Å². The van der Waals surface area contributed by atoms with Crippen LogP contribution in [0.2, 0.25) is 0 Å². The van der Waals surface area contributed by atoms with Crippen LogP contribution in [0.1, 0.15) is 29.5 Å². The summed E-state index contributed by atoms with van der Waals surface area (Å²) in [5, 5.41) is 6.67. The van der Waals surface area contributed by atoms with Crippen LogP contribution in [-0.2, 0) is 6.42 Å². The summed E-state index contributed by atoms with van der Waals surface area (Å²) in [6.07, 6.45) is 3.49. The van der Waals surface area contributed by atoms with E-state index < -0.39 is 0 Å². The average molecular weight is 264 g/mol. The van der Waals surface area contributed by atoms with E-state index in [0.29, 0.717) is 0 Å². The van der Waals surface area contributed by atoms with Crippen LogP contribution in [0.4, 0.5) is 0 Å². The standard InChI is InChI=1S/C16H28N2O/c1-13-11-14(2)15(16(12-13)19-4)7-10-18-9-6-5-8-17-3/h11-12,17-18H,5-10H2,1-4H3. The molecule has 3 nitrogen and oxygen atoms in total. The summed E-state index contributed by atoms with van der Waals surface area (Å²) in [5.74, 6) is 1.02. The zero-order valence-corrected chi connectivity index (χ0v) is 12.8. The van der Waals surface area contributed by atoms with Crippen LogP contribution in [0.5, 0.6) is 5.75 Å². The summed E-state index contributed by atoms with van der Waals surface area (Å²) < 4.78 is 5.48. The molecular formula is C16H28N2O. The second-order valence-corrected chi connectivity index (χ2v) is 5.07. The predicted molar refractivity (Wildman–Crippen MR) is 82.2 cm³/mol. The van der Waals surface area contributed by atoms with Crippen molar-refractivity contribution in [3.8, 4) is 5.75 Å². The number of ether oxygens (including phenoxy) is 1. The number of rotatable bonds is 9. The molecule has 2 N–H and O–H groups in total. The topological polar surface area (TPSA) is 33.3 Å². The molecule has 0 amide bonds. The Labute approximate surface area is 117 Å². The van der Waals surface area contributed by atoms with Gasteiger partial charge in [-0.1, -0.05) is 6.07 Å². The third-order valence-electron chi connectivity index (χ3n) is 3.38. The number of unbranched alkanes of at least 4 members (excludes halogenated alkanes) is 1. The molecule has 0 spiro atoms. The van der Waals surface area contributed by atoms with Crippen molar-refractivity contribution < 1.29 is 4.74 Å². The number of hydrogen-bond acceptors (Lipinski definition) is 3. The van der Waals surface area contributed by atoms with Crippen molar-refractivity contribution >= 4 is 0 Å². The van der Waals surface area contributed by atoms with Gasteiger partial charge in [0.25, 0.3) is 0 Å². The number of methoxy groups -OCH3 is 1. The maximum absolute atomic E-state index is 5.48. The van der Waals surface area contributed by atoms with E-state index in [9.17, 15) is 0 Å². The summed E-state index contributed by atoms with van der Waals surface area (Å²) in [5.41, 5.74) is 3.92. The van der Waals surface area contributed by atoms with Gasteiger partial charge < -0.3 is 15.4 Å². The zero-order chi connectivity index (χ0) is 14.1. The SMILES string of the molecule is CNCCCCNCCc1c(C)cc(C)cc1OC. The van der Waals surface area contributed by atoms with Gasteiger partial charge >= 0.3 is 0 Å². The van der Waals surface area contributed by atoms with Gasteiger partial charge in [0.05, 0.1) is 7.11 Å². The molecule has 1 rings (SSSR count). The number of aryl methyl sites for hydroxylation is 2. The highest BCUT2D eigenvalue weighted by Crippen LogP contribution is 2.24. The van der Waals surface area contributed by atoms with E-state index in [-0.39, 0.29) is 0 Å². The van der Waals surface area contributed by atoms with Gasteiger partial charge in [0, 0.05) is 0 Å². The van der Waals surface area contributed by atoms with Crippen LogP contribution in [0.3, 0.4) is 0 Å². The highest BCUT2D eigenvalue weighted by molar-refractivity contribution is 5.43. The van der Waals surface area contributed by atoms with E-state index in [4.69, 9.17) is 4.74 Å². The summed E-state index contributed by atoms with van der Waals surface area (Å²) >= 11 is 0. The van der Waals surface area contributed by atoms with Gasteiger partial charge in [0.2, 0.25) is 0 Å². The normalized spacial score (nSPS) is 10.7. The summed E-state index contributed by atoms with van der Waals surface area (Å²) in [6, 6.07) is 4.35. The molecule has 108 valence electrons. The lowest BCUT2D eigenvalue weighted by Gasteiger charge is -2.13. The largest absolute Gasteiger partial charge is 0.496 e. The second-order valence-electron chi connectivity index (χ2n) is 5.07. The summed E-state index contributed by atoms with van der Waals surface area (Å²) in [4.78, 5) is 0. The molecule has 0 aliphatic heterocycles. The molecule has 0 radical (unpaired) electrons. The van der Waals surface area contributed by atoms with E-state index in [1.165, 1.54) is 29.5 Å². The second kappa shape index (κ2) is 8.94. The maximum Gasteiger partial charge on any atom is 0.122 e. The Hall–Kier alpha value is -1.06. The molecule has 0 unspecified atom stereocenters. The van der Waals surface area contributed by atoms with Crippen LogP contribution in [0.15, 0.2) is 12.1 Å².